The second-order valence-electron chi connectivity index (χ2n) is 18.9. The van der Waals surface area contributed by atoms with Gasteiger partial charge in [0.15, 0.2) is 0 Å². The van der Waals surface area contributed by atoms with E-state index < -0.39 is 17.5 Å². The Labute approximate surface area is 287 Å². The van der Waals surface area contributed by atoms with Crippen molar-refractivity contribution in [2.45, 2.75) is 195 Å². The van der Waals surface area contributed by atoms with Gasteiger partial charge in [0.1, 0.15) is 12.5 Å². The van der Waals surface area contributed by atoms with Crippen LogP contribution in [0.1, 0.15) is 171 Å². The van der Waals surface area contributed by atoms with Gasteiger partial charge in [0.2, 0.25) is 0 Å². The molecule has 1 N–H and O–H groups in total. The van der Waals surface area contributed by atoms with E-state index in [0.717, 1.165) is 44.9 Å². The number of hydrogen-bond donors (Lipinski definition) is 1. The van der Waals surface area contributed by atoms with Gasteiger partial charge in [-0.15, -0.1) is 0 Å². The first-order chi connectivity index (χ1) is 21.9. The lowest BCUT2D eigenvalue weighted by atomic mass is 9.35. The van der Waals surface area contributed by atoms with Crippen LogP contribution in [0.15, 0.2) is 0 Å². The van der Waals surface area contributed by atoms with Gasteiger partial charge in [-0.25, -0.2) is 0 Å². The lowest BCUT2D eigenvalue weighted by Crippen LogP contribution is -2.64. The maximum absolute atomic E-state index is 13.0. The number of fused-ring (bicyclic) bond motifs is 5. The largest absolute Gasteiger partial charge is 0.465 e. The van der Waals surface area contributed by atoms with E-state index in [9.17, 15) is 14.7 Å². The number of ether oxygens (including phenoxy) is 3. The summed E-state index contributed by atoms with van der Waals surface area (Å²) in [4.78, 5) is 25.4. The van der Waals surface area contributed by atoms with Gasteiger partial charge in [0.25, 0.3) is 0 Å². The van der Waals surface area contributed by atoms with Crippen molar-refractivity contribution in [2.24, 2.45) is 45.3 Å². The Morgan fingerprint density at radius 1 is 0.745 bits per heavy atom. The molecule has 1 saturated heterocycles. The zero-order valence-electron chi connectivity index (χ0n) is 31.7. The summed E-state index contributed by atoms with van der Waals surface area (Å²) >= 11 is 0. The van der Waals surface area contributed by atoms with Crippen molar-refractivity contribution in [1.29, 1.82) is 0 Å². The molecule has 1 heterocycles. The first kappa shape index (κ1) is 37.1. The second-order valence-corrected chi connectivity index (χ2v) is 18.9. The van der Waals surface area contributed by atoms with Crippen LogP contribution in [0, 0.1) is 45.3 Å². The van der Waals surface area contributed by atoms with Gasteiger partial charge in [-0.1, -0.05) is 73.6 Å². The second kappa shape index (κ2) is 13.5. The van der Waals surface area contributed by atoms with Crippen LogP contribution < -0.4 is 0 Å². The van der Waals surface area contributed by atoms with Crippen molar-refractivity contribution >= 4 is 11.9 Å². The Hall–Kier alpha value is -1.14. The van der Waals surface area contributed by atoms with E-state index in [1.807, 2.05) is 13.8 Å². The van der Waals surface area contributed by atoms with Crippen molar-refractivity contribution in [2.75, 3.05) is 6.61 Å². The molecule has 6 heteroatoms. The molecule has 0 radical (unpaired) electrons. The maximum atomic E-state index is 13.0. The van der Waals surface area contributed by atoms with E-state index in [4.69, 9.17) is 14.2 Å². The minimum atomic E-state index is -0.799. The molecule has 1 aliphatic heterocycles. The Morgan fingerprint density at radius 3 is 2.11 bits per heavy atom. The van der Waals surface area contributed by atoms with E-state index in [-0.39, 0.29) is 45.9 Å². The molecule has 0 bridgehead atoms. The normalized spacial score (nSPS) is 42.7. The Morgan fingerprint density at radius 2 is 1.43 bits per heavy atom. The molecule has 47 heavy (non-hydrogen) atoms. The maximum Gasteiger partial charge on any atom is 0.317 e. The molecule has 6 nitrogen and oxygen atoms in total. The monoisotopic (exact) mass is 659 g/mol. The summed E-state index contributed by atoms with van der Waals surface area (Å²) in [5, 5.41) is 10.8. The summed E-state index contributed by atoms with van der Waals surface area (Å²) < 4.78 is 18.3. The minimum Gasteiger partial charge on any atom is -0.465 e. The predicted octanol–water partition coefficient (Wildman–Crippen LogP) is 9.59. The van der Waals surface area contributed by atoms with Crippen LogP contribution in [0.3, 0.4) is 0 Å². The molecule has 5 fully saturated rings. The quantitative estimate of drug-likeness (QED) is 0.128. The first-order valence-electron chi connectivity index (χ1n) is 19.7. The van der Waals surface area contributed by atoms with Crippen LogP contribution in [-0.2, 0) is 23.8 Å². The molecule has 5 aliphatic rings. The van der Waals surface area contributed by atoms with E-state index in [2.05, 4.69) is 48.5 Å². The minimum absolute atomic E-state index is 0.0806. The molecule has 0 aromatic rings. The van der Waals surface area contributed by atoms with Gasteiger partial charge < -0.3 is 19.3 Å². The number of carbonyl (C=O) groups excluding carboxylic acids is 2. The summed E-state index contributed by atoms with van der Waals surface area (Å²) in [5.74, 6) is 1.43. The van der Waals surface area contributed by atoms with Gasteiger partial charge in [0.05, 0.1) is 23.9 Å². The highest BCUT2D eigenvalue weighted by Crippen LogP contribution is 2.76. The third-order valence-electron chi connectivity index (χ3n) is 15.5. The SMILES string of the molecule is CCCCCCCCOC(=O)CC(=O)O[C@@H]1CC[C@]2(C)[C@H]3CC[C@@H]4[C@@H]([C@]5(C)CC[C@H](C(C)(C)O)O5)CC[C@@]4(C)[C@]3(C)CC[C@H]2C1(C)C. The third-order valence-corrected chi connectivity index (χ3v) is 15.5. The predicted molar refractivity (Wildman–Crippen MR) is 187 cm³/mol. The van der Waals surface area contributed by atoms with Crippen molar-refractivity contribution in [3.8, 4) is 0 Å². The van der Waals surface area contributed by atoms with Gasteiger partial charge in [-0.3, -0.25) is 9.59 Å². The fourth-order valence-electron chi connectivity index (χ4n) is 12.7. The van der Waals surface area contributed by atoms with Crippen LogP contribution in [0.4, 0.5) is 0 Å². The molecule has 4 aliphatic carbocycles. The number of aliphatic hydroxyl groups is 1. The smallest absolute Gasteiger partial charge is 0.317 e. The fourth-order valence-corrected chi connectivity index (χ4v) is 12.7. The first-order valence-corrected chi connectivity index (χ1v) is 19.7. The van der Waals surface area contributed by atoms with Crippen LogP contribution >= 0.6 is 0 Å². The summed E-state index contributed by atoms with van der Waals surface area (Å²) in [7, 11) is 0. The van der Waals surface area contributed by atoms with E-state index in [1.165, 1.54) is 57.8 Å². The van der Waals surface area contributed by atoms with Gasteiger partial charge in [-0.05, 0) is 131 Å². The number of esters is 2. The van der Waals surface area contributed by atoms with Crippen LogP contribution in [0.25, 0.3) is 0 Å². The standard InChI is InChI=1S/C41H70O6/c1-10-11-12-13-14-15-26-45-34(42)27-35(43)46-32-20-22-38(6)30(36(32,2)3)19-24-40(8)31(38)17-16-28-29(18-23-39(28,40)7)41(9)25-21-33(47-41)37(4,5)44/h28-33,44H,10-27H2,1-9H3/t28-,29+,30+,31-,32-,33-,38+,39-,40-,41+/m1/s1. The van der Waals surface area contributed by atoms with Gasteiger partial charge in [-0.2, -0.15) is 0 Å². The van der Waals surface area contributed by atoms with E-state index in [0.29, 0.717) is 30.3 Å². The average Bonchev–Trinajstić information content (AvgIpc) is 3.56. The van der Waals surface area contributed by atoms with Crippen molar-refractivity contribution < 1.29 is 28.9 Å². The van der Waals surface area contributed by atoms with Crippen LogP contribution in [0.2, 0.25) is 0 Å². The molecule has 4 saturated carbocycles. The molecule has 10 atom stereocenters. The highest BCUT2D eigenvalue weighted by atomic mass is 16.6. The average molecular weight is 659 g/mol. The molecule has 0 aromatic heterocycles. The number of unbranched alkanes of at least 4 members (excludes halogenated alkanes) is 5. The summed E-state index contributed by atoms with van der Waals surface area (Å²) in [6, 6.07) is 0. The van der Waals surface area contributed by atoms with E-state index >= 15 is 0 Å². The van der Waals surface area contributed by atoms with Crippen molar-refractivity contribution in [3.05, 3.63) is 0 Å². The van der Waals surface area contributed by atoms with Gasteiger partial charge >= 0.3 is 11.9 Å². The number of carbonyl (C=O) groups is 2. The molecular weight excluding hydrogens is 588 g/mol. The Balaban J connectivity index is 1.21. The molecule has 0 spiro atoms. The van der Waals surface area contributed by atoms with Gasteiger partial charge in [0, 0.05) is 5.41 Å². The Bertz CT molecular complexity index is 1130. The molecule has 270 valence electrons. The topological polar surface area (TPSA) is 82.1 Å². The molecule has 0 amide bonds. The van der Waals surface area contributed by atoms with Crippen LogP contribution in [0.5, 0.6) is 0 Å². The zero-order chi connectivity index (χ0) is 34.5. The molecular formula is C41H70O6. The van der Waals surface area contributed by atoms with Crippen molar-refractivity contribution in [3.63, 3.8) is 0 Å². The lowest BCUT2D eigenvalue weighted by molar-refractivity contribution is -0.232. The highest BCUT2D eigenvalue weighted by molar-refractivity contribution is 5.91. The fraction of sp³-hybridized carbons (Fsp3) is 0.951. The molecule has 0 aromatic carbocycles. The van der Waals surface area contributed by atoms with Crippen molar-refractivity contribution in [1.82, 2.24) is 0 Å². The number of rotatable bonds is 12. The van der Waals surface area contributed by atoms with E-state index in [1.54, 1.807) is 0 Å². The molecule has 0 unspecified atom stereocenters. The number of hydrogen-bond acceptors (Lipinski definition) is 6. The lowest BCUT2D eigenvalue weighted by Gasteiger charge is -2.70. The highest BCUT2D eigenvalue weighted by Gasteiger charge is 2.70. The summed E-state index contributed by atoms with van der Waals surface area (Å²) in [5.41, 5.74) is -0.368. The summed E-state index contributed by atoms with van der Waals surface area (Å²) in [6.07, 6.45) is 17.6. The third kappa shape index (κ3) is 6.71. The summed E-state index contributed by atoms with van der Waals surface area (Å²) in [6.45, 7) is 21.2. The zero-order valence-corrected chi connectivity index (χ0v) is 31.7. The molecule has 5 rings (SSSR count). The Kier molecular flexibility index (Phi) is 10.7. The van der Waals surface area contributed by atoms with Crippen LogP contribution in [-0.4, -0.2) is 47.1 Å².